The highest BCUT2D eigenvalue weighted by molar-refractivity contribution is 7.89. The van der Waals surface area contributed by atoms with Gasteiger partial charge in [0.1, 0.15) is 0 Å². The van der Waals surface area contributed by atoms with Crippen LogP contribution in [0.1, 0.15) is 25.3 Å². The first-order chi connectivity index (χ1) is 9.54. The molecule has 0 saturated carbocycles. The van der Waals surface area contributed by atoms with E-state index < -0.39 is 15.3 Å². The highest BCUT2D eigenvalue weighted by atomic mass is 32.2. The Balaban J connectivity index is 1.92. The molecule has 2 rings (SSSR count). The van der Waals surface area contributed by atoms with Gasteiger partial charge in [-0.1, -0.05) is 30.3 Å². The quantitative estimate of drug-likeness (QED) is 0.854. The number of rotatable bonds is 4. The number of sulfonamides is 1. The van der Waals surface area contributed by atoms with Gasteiger partial charge in [-0.05, 0) is 37.7 Å². The molecule has 0 bridgehead atoms. The van der Waals surface area contributed by atoms with Crippen LogP contribution in [0.15, 0.2) is 30.3 Å². The zero-order chi connectivity index (χ0) is 14.6. The molecule has 0 aromatic heterocycles. The summed E-state index contributed by atoms with van der Waals surface area (Å²) < 4.78 is 25.6. The summed E-state index contributed by atoms with van der Waals surface area (Å²) in [5.41, 5.74) is 1.30. The maximum atomic E-state index is 12.1. The molecule has 108 valence electrons. The highest BCUT2D eigenvalue weighted by Crippen LogP contribution is 2.24. The van der Waals surface area contributed by atoms with Crippen molar-refractivity contribution in [3.8, 4) is 6.07 Å². The average molecular weight is 292 g/mol. The van der Waals surface area contributed by atoms with Crippen molar-refractivity contribution in [1.82, 2.24) is 4.31 Å². The van der Waals surface area contributed by atoms with E-state index in [2.05, 4.69) is 12.1 Å². The van der Waals surface area contributed by atoms with Gasteiger partial charge >= 0.3 is 0 Å². The van der Waals surface area contributed by atoms with Crippen LogP contribution in [0.3, 0.4) is 0 Å². The molecule has 4 nitrogen and oxygen atoms in total. The molecule has 0 N–H and O–H groups in total. The average Bonchev–Trinajstić information content (AvgIpc) is 2.48. The molecule has 0 spiro atoms. The van der Waals surface area contributed by atoms with Gasteiger partial charge in [0.25, 0.3) is 0 Å². The predicted octanol–water partition coefficient (Wildman–Crippen LogP) is 2.18. The smallest absolute Gasteiger partial charge is 0.211 e. The topological polar surface area (TPSA) is 61.2 Å². The molecule has 1 aromatic rings. The Kier molecular flexibility index (Phi) is 4.79. The standard InChI is InChI=1S/C15H20N2O2S/c1-13(12-16)20(18,19)17-9-7-15(8-10-17)11-14-5-3-2-4-6-14/h2-6,13,15H,7-11H2,1H3. The van der Waals surface area contributed by atoms with E-state index in [1.165, 1.54) is 16.8 Å². The van der Waals surface area contributed by atoms with E-state index in [1.807, 2.05) is 24.3 Å². The number of piperidine rings is 1. The predicted molar refractivity (Wildman–Crippen MR) is 78.4 cm³/mol. The van der Waals surface area contributed by atoms with E-state index in [9.17, 15) is 8.42 Å². The lowest BCUT2D eigenvalue weighted by molar-refractivity contribution is 0.272. The fraction of sp³-hybridized carbons (Fsp3) is 0.533. The first-order valence-electron chi connectivity index (χ1n) is 6.96. The SMILES string of the molecule is CC(C#N)S(=O)(=O)N1CCC(Cc2ccccc2)CC1. The first-order valence-corrected chi connectivity index (χ1v) is 8.47. The van der Waals surface area contributed by atoms with Crippen LogP contribution >= 0.6 is 0 Å². The Morgan fingerprint density at radius 3 is 2.45 bits per heavy atom. The Bertz CT molecular complexity index is 570. The fourth-order valence-corrected chi connectivity index (χ4v) is 3.91. The van der Waals surface area contributed by atoms with Gasteiger partial charge in [-0.2, -0.15) is 5.26 Å². The normalized spacial score (nSPS) is 19.4. The minimum absolute atomic E-state index is 0.529. The number of benzene rings is 1. The van der Waals surface area contributed by atoms with Gasteiger partial charge in [0.2, 0.25) is 10.0 Å². The summed E-state index contributed by atoms with van der Waals surface area (Å²) in [6.07, 6.45) is 2.74. The van der Waals surface area contributed by atoms with Gasteiger partial charge in [0, 0.05) is 13.1 Å². The van der Waals surface area contributed by atoms with Gasteiger partial charge < -0.3 is 0 Å². The van der Waals surface area contributed by atoms with Crippen LogP contribution in [0.5, 0.6) is 0 Å². The van der Waals surface area contributed by atoms with Crippen molar-refractivity contribution in [2.24, 2.45) is 5.92 Å². The molecule has 1 saturated heterocycles. The van der Waals surface area contributed by atoms with Crippen LogP contribution in [0.25, 0.3) is 0 Å². The van der Waals surface area contributed by atoms with Crippen molar-refractivity contribution in [3.63, 3.8) is 0 Å². The fourth-order valence-electron chi connectivity index (χ4n) is 2.61. The zero-order valence-corrected chi connectivity index (χ0v) is 12.5. The summed E-state index contributed by atoms with van der Waals surface area (Å²) >= 11 is 0. The van der Waals surface area contributed by atoms with E-state index in [1.54, 1.807) is 0 Å². The second kappa shape index (κ2) is 6.38. The van der Waals surface area contributed by atoms with E-state index in [4.69, 9.17) is 5.26 Å². The lowest BCUT2D eigenvalue weighted by atomic mass is 9.91. The summed E-state index contributed by atoms with van der Waals surface area (Å²) in [7, 11) is -3.44. The molecule has 1 heterocycles. The van der Waals surface area contributed by atoms with E-state index in [0.717, 1.165) is 19.3 Å². The molecule has 1 aliphatic rings. The largest absolute Gasteiger partial charge is 0.230 e. The van der Waals surface area contributed by atoms with Crippen LogP contribution in [0.2, 0.25) is 0 Å². The number of nitrogens with zero attached hydrogens (tertiary/aromatic N) is 2. The number of hydrogen-bond donors (Lipinski definition) is 0. The molecular weight excluding hydrogens is 272 g/mol. The molecule has 1 atom stereocenters. The Morgan fingerprint density at radius 1 is 1.30 bits per heavy atom. The van der Waals surface area contributed by atoms with Crippen molar-refractivity contribution in [1.29, 1.82) is 5.26 Å². The number of nitriles is 1. The Hall–Kier alpha value is -1.38. The van der Waals surface area contributed by atoms with Crippen LogP contribution < -0.4 is 0 Å². The van der Waals surface area contributed by atoms with Crippen LogP contribution in [-0.4, -0.2) is 31.1 Å². The molecule has 0 radical (unpaired) electrons. The van der Waals surface area contributed by atoms with Crippen LogP contribution in [-0.2, 0) is 16.4 Å². The van der Waals surface area contributed by atoms with Crippen molar-refractivity contribution >= 4 is 10.0 Å². The molecule has 20 heavy (non-hydrogen) atoms. The van der Waals surface area contributed by atoms with Crippen molar-refractivity contribution in [3.05, 3.63) is 35.9 Å². The minimum Gasteiger partial charge on any atom is -0.211 e. The highest BCUT2D eigenvalue weighted by Gasteiger charge is 2.32. The van der Waals surface area contributed by atoms with Crippen molar-refractivity contribution in [2.75, 3.05) is 13.1 Å². The summed E-state index contributed by atoms with van der Waals surface area (Å²) in [5, 5.41) is 7.84. The molecule has 1 aliphatic heterocycles. The molecular formula is C15H20N2O2S. The molecule has 1 fully saturated rings. The van der Waals surface area contributed by atoms with Gasteiger partial charge in [-0.25, -0.2) is 12.7 Å². The third-order valence-electron chi connectivity index (χ3n) is 3.93. The molecule has 0 amide bonds. The second-order valence-corrected chi connectivity index (χ2v) is 7.60. The molecule has 1 aromatic carbocycles. The van der Waals surface area contributed by atoms with Gasteiger partial charge in [0.05, 0.1) is 6.07 Å². The number of hydrogen-bond acceptors (Lipinski definition) is 3. The maximum Gasteiger partial charge on any atom is 0.230 e. The second-order valence-electron chi connectivity index (χ2n) is 5.35. The third-order valence-corrected chi connectivity index (χ3v) is 6.01. The van der Waals surface area contributed by atoms with E-state index >= 15 is 0 Å². The van der Waals surface area contributed by atoms with E-state index in [-0.39, 0.29) is 0 Å². The maximum absolute atomic E-state index is 12.1. The minimum atomic E-state index is -3.44. The lowest BCUT2D eigenvalue weighted by Gasteiger charge is -2.31. The Labute approximate surface area is 121 Å². The summed E-state index contributed by atoms with van der Waals surface area (Å²) in [4.78, 5) is 0. The van der Waals surface area contributed by atoms with Crippen LogP contribution in [0.4, 0.5) is 0 Å². The Morgan fingerprint density at radius 2 is 1.90 bits per heavy atom. The van der Waals surface area contributed by atoms with Crippen molar-refractivity contribution in [2.45, 2.75) is 31.4 Å². The first kappa shape index (κ1) is 15.0. The van der Waals surface area contributed by atoms with Crippen LogP contribution in [0, 0.1) is 17.2 Å². The molecule has 0 aliphatic carbocycles. The summed E-state index contributed by atoms with van der Waals surface area (Å²) in [6.45, 7) is 2.52. The molecule has 5 heteroatoms. The summed E-state index contributed by atoms with van der Waals surface area (Å²) in [5.74, 6) is 0.529. The lowest BCUT2D eigenvalue weighted by Crippen LogP contribution is -2.42. The van der Waals surface area contributed by atoms with E-state index in [0.29, 0.717) is 19.0 Å². The van der Waals surface area contributed by atoms with Gasteiger partial charge in [-0.3, -0.25) is 0 Å². The van der Waals surface area contributed by atoms with Gasteiger partial charge in [0.15, 0.2) is 5.25 Å². The van der Waals surface area contributed by atoms with Crippen molar-refractivity contribution < 1.29 is 8.42 Å². The third kappa shape index (κ3) is 3.38. The zero-order valence-electron chi connectivity index (χ0n) is 11.7. The molecule has 1 unspecified atom stereocenters. The monoisotopic (exact) mass is 292 g/mol. The van der Waals surface area contributed by atoms with Gasteiger partial charge in [-0.15, -0.1) is 0 Å². The summed E-state index contributed by atoms with van der Waals surface area (Å²) in [6, 6.07) is 12.1.